The number of hydrogen-bond acceptors (Lipinski definition) is 6. The van der Waals surface area contributed by atoms with Crippen LogP contribution in [0.4, 0.5) is 4.79 Å². The van der Waals surface area contributed by atoms with Crippen molar-refractivity contribution < 1.29 is 28.7 Å². The summed E-state index contributed by atoms with van der Waals surface area (Å²) in [4.78, 5) is 52.6. The van der Waals surface area contributed by atoms with Crippen LogP contribution in [0.1, 0.15) is 53.4 Å². The number of carbonyl (C=O) groups is 4. The topological polar surface area (TPSA) is 151 Å². The first-order valence-electron chi connectivity index (χ1n) is 10.3. The number of nitrogens with zero attached hydrogens (tertiary/aromatic N) is 1. The molecule has 0 spiro atoms. The first kappa shape index (κ1) is 24.6. The molecule has 4 N–H and O–H groups in total. The largest absolute Gasteiger partial charge is 0.465 e. The molecule has 1 heterocycles. The summed E-state index contributed by atoms with van der Waals surface area (Å²) in [5.74, 6) is -2.01. The van der Waals surface area contributed by atoms with E-state index < -0.39 is 35.8 Å². The van der Waals surface area contributed by atoms with Gasteiger partial charge in [0.15, 0.2) is 5.69 Å². The fourth-order valence-corrected chi connectivity index (χ4v) is 3.12. The van der Waals surface area contributed by atoms with Gasteiger partial charge in [-0.15, -0.1) is 0 Å². The number of oxazole rings is 1. The Morgan fingerprint density at radius 1 is 1.06 bits per heavy atom. The molecule has 2 atom stereocenters. The van der Waals surface area contributed by atoms with Crippen LogP contribution in [0.3, 0.4) is 0 Å². The van der Waals surface area contributed by atoms with Gasteiger partial charge in [-0.1, -0.05) is 44.2 Å². The Bertz CT molecular complexity index is 941. The second kappa shape index (κ2) is 11.6. The molecular formula is C22H28N4O6. The normalized spacial score (nSPS) is 12.6. The number of Topliss-reactive ketones (excluding diaryl/α,β-unsaturated/α-hetero) is 1. The molecule has 32 heavy (non-hydrogen) atoms. The molecular weight excluding hydrogens is 416 g/mol. The molecule has 3 amide bonds. The van der Waals surface area contributed by atoms with Crippen molar-refractivity contribution in [1.82, 2.24) is 20.9 Å². The summed E-state index contributed by atoms with van der Waals surface area (Å²) in [5.41, 5.74) is 0.898. The number of carboxylic acid groups (broad SMARTS) is 1. The minimum Gasteiger partial charge on any atom is -0.465 e. The van der Waals surface area contributed by atoms with Gasteiger partial charge in [0, 0.05) is 7.05 Å². The van der Waals surface area contributed by atoms with Crippen molar-refractivity contribution in [2.75, 3.05) is 7.05 Å². The molecule has 2 unspecified atom stereocenters. The highest BCUT2D eigenvalue weighted by Gasteiger charge is 2.30. The molecule has 0 bridgehead atoms. The number of carbonyl (C=O) groups excluding carboxylic acids is 3. The summed E-state index contributed by atoms with van der Waals surface area (Å²) >= 11 is 0. The van der Waals surface area contributed by atoms with E-state index in [0.29, 0.717) is 6.42 Å². The molecule has 2 rings (SSSR count). The minimum absolute atomic E-state index is 0.0397. The Labute approximate surface area is 185 Å². The van der Waals surface area contributed by atoms with Crippen molar-refractivity contribution in [2.45, 2.75) is 45.2 Å². The average Bonchev–Trinajstić information content (AvgIpc) is 3.25. The molecule has 10 nitrogen and oxygen atoms in total. The maximum Gasteiger partial charge on any atom is 0.405 e. The predicted octanol–water partition coefficient (Wildman–Crippen LogP) is 2.02. The lowest BCUT2D eigenvalue weighted by molar-refractivity contribution is -0.124. The van der Waals surface area contributed by atoms with Crippen LogP contribution in [0.25, 0.3) is 0 Å². The van der Waals surface area contributed by atoms with E-state index in [0.717, 1.165) is 11.8 Å². The molecule has 0 saturated heterocycles. The van der Waals surface area contributed by atoms with Crippen molar-refractivity contribution in [3.8, 4) is 0 Å². The second-order valence-corrected chi connectivity index (χ2v) is 7.70. The Hall–Kier alpha value is -3.69. The highest BCUT2D eigenvalue weighted by Crippen LogP contribution is 2.13. The number of rotatable bonds is 11. The fourth-order valence-electron chi connectivity index (χ4n) is 3.12. The predicted molar refractivity (Wildman–Crippen MR) is 115 cm³/mol. The van der Waals surface area contributed by atoms with Crippen molar-refractivity contribution >= 4 is 23.7 Å². The van der Waals surface area contributed by atoms with Crippen molar-refractivity contribution in [1.29, 1.82) is 0 Å². The van der Waals surface area contributed by atoms with Crippen LogP contribution in [0.5, 0.6) is 0 Å². The number of benzene rings is 1. The molecule has 0 aliphatic heterocycles. The standard InChI is InChI=1S/C22H28N4O6/c1-13(2)11-16(26-22(30)31)20(29)24-15(10-9-14-7-5-4-6-8-14)18(27)21-25-17(12-32-21)19(28)23-3/h4-8,12-13,15-16,26H,9-11H2,1-3H3,(H,23,28)(H,24,29)(H,30,31). The van der Waals surface area contributed by atoms with E-state index in [1.807, 2.05) is 44.2 Å². The van der Waals surface area contributed by atoms with Gasteiger partial charge in [0.25, 0.3) is 11.8 Å². The van der Waals surface area contributed by atoms with Crippen LogP contribution in [0, 0.1) is 5.92 Å². The second-order valence-electron chi connectivity index (χ2n) is 7.70. The first-order valence-corrected chi connectivity index (χ1v) is 10.3. The summed E-state index contributed by atoms with van der Waals surface area (Å²) < 4.78 is 5.17. The highest BCUT2D eigenvalue weighted by molar-refractivity contribution is 6.00. The summed E-state index contributed by atoms with van der Waals surface area (Å²) in [6, 6.07) is 7.34. The van der Waals surface area contributed by atoms with Crippen LogP contribution in [0.15, 0.2) is 41.0 Å². The summed E-state index contributed by atoms with van der Waals surface area (Å²) in [5, 5.41) is 16.3. The third-order valence-corrected chi connectivity index (χ3v) is 4.69. The van der Waals surface area contributed by atoms with Gasteiger partial charge >= 0.3 is 6.09 Å². The van der Waals surface area contributed by atoms with E-state index >= 15 is 0 Å². The molecule has 1 aromatic heterocycles. The molecule has 0 fully saturated rings. The number of ketones is 1. The van der Waals surface area contributed by atoms with E-state index in [9.17, 15) is 19.2 Å². The quantitative estimate of drug-likeness (QED) is 0.387. The molecule has 172 valence electrons. The molecule has 2 aromatic rings. The molecule has 0 radical (unpaired) electrons. The third kappa shape index (κ3) is 7.22. The van der Waals surface area contributed by atoms with E-state index in [1.165, 1.54) is 7.05 Å². The van der Waals surface area contributed by atoms with Gasteiger partial charge < -0.3 is 25.5 Å². The number of nitrogens with one attached hydrogen (secondary N) is 3. The van der Waals surface area contributed by atoms with Crippen molar-refractivity contribution in [2.24, 2.45) is 5.92 Å². The zero-order valence-electron chi connectivity index (χ0n) is 18.3. The number of aromatic nitrogens is 1. The lowest BCUT2D eigenvalue weighted by Gasteiger charge is -2.22. The maximum atomic E-state index is 13.1. The Morgan fingerprint density at radius 2 is 1.75 bits per heavy atom. The number of amides is 3. The summed E-state index contributed by atoms with van der Waals surface area (Å²) in [6.07, 6.45) is 0.698. The van der Waals surface area contributed by atoms with Gasteiger partial charge in [-0.25, -0.2) is 9.78 Å². The summed E-state index contributed by atoms with van der Waals surface area (Å²) in [6.45, 7) is 3.71. The van der Waals surface area contributed by atoms with Gasteiger partial charge in [-0.3, -0.25) is 14.4 Å². The number of aryl methyl sites for hydroxylation is 1. The third-order valence-electron chi connectivity index (χ3n) is 4.69. The maximum absolute atomic E-state index is 13.1. The number of hydrogen-bond donors (Lipinski definition) is 4. The zero-order chi connectivity index (χ0) is 23.7. The Morgan fingerprint density at radius 3 is 2.34 bits per heavy atom. The van der Waals surface area contributed by atoms with Gasteiger partial charge in [-0.05, 0) is 30.7 Å². The van der Waals surface area contributed by atoms with Crippen molar-refractivity contribution in [3.63, 3.8) is 0 Å². The van der Waals surface area contributed by atoms with Gasteiger partial charge in [0.05, 0.1) is 6.04 Å². The minimum atomic E-state index is -1.33. The van der Waals surface area contributed by atoms with Crippen LogP contribution in [-0.2, 0) is 11.2 Å². The smallest absolute Gasteiger partial charge is 0.405 e. The molecule has 1 aromatic carbocycles. The molecule has 10 heteroatoms. The van der Waals surface area contributed by atoms with Crippen LogP contribution in [0.2, 0.25) is 0 Å². The van der Waals surface area contributed by atoms with E-state index in [4.69, 9.17) is 9.52 Å². The first-order chi connectivity index (χ1) is 15.2. The average molecular weight is 444 g/mol. The Balaban J connectivity index is 2.23. The lowest BCUT2D eigenvalue weighted by atomic mass is 9.99. The molecule has 0 aliphatic rings. The zero-order valence-corrected chi connectivity index (χ0v) is 18.3. The van der Waals surface area contributed by atoms with E-state index in [2.05, 4.69) is 20.9 Å². The van der Waals surface area contributed by atoms with E-state index in [-0.39, 0.29) is 30.3 Å². The van der Waals surface area contributed by atoms with Crippen LogP contribution < -0.4 is 16.0 Å². The Kier molecular flexibility index (Phi) is 8.94. The van der Waals surface area contributed by atoms with E-state index in [1.54, 1.807) is 0 Å². The lowest BCUT2D eigenvalue weighted by Crippen LogP contribution is -2.52. The van der Waals surface area contributed by atoms with Crippen LogP contribution in [-0.4, -0.2) is 52.9 Å². The van der Waals surface area contributed by atoms with Gasteiger partial charge in [0.2, 0.25) is 11.7 Å². The van der Waals surface area contributed by atoms with Gasteiger partial charge in [0.1, 0.15) is 12.3 Å². The highest BCUT2D eigenvalue weighted by atomic mass is 16.4. The monoisotopic (exact) mass is 444 g/mol. The molecule has 0 aliphatic carbocycles. The van der Waals surface area contributed by atoms with Gasteiger partial charge in [-0.2, -0.15) is 0 Å². The van der Waals surface area contributed by atoms with Crippen molar-refractivity contribution in [3.05, 3.63) is 53.7 Å². The molecule has 0 saturated carbocycles. The van der Waals surface area contributed by atoms with Crippen LogP contribution >= 0.6 is 0 Å². The summed E-state index contributed by atoms with van der Waals surface area (Å²) in [7, 11) is 1.42. The fraction of sp³-hybridized carbons (Fsp3) is 0.409. The SMILES string of the molecule is CNC(=O)c1coc(C(=O)C(CCc2ccccc2)NC(=O)C(CC(C)C)NC(=O)O)n1.